The van der Waals surface area contributed by atoms with Gasteiger partial charge in [-0.3, -0.25) is 0 Å². The number of nitrogens with zero attached hydrogens (tertiary/aromatic N) is 1. The third-order valence-corrected chi connectivity index (χ3v) is 1.71. The molecular formula is C9H10N2. The van der Waals surface area contributed by atoms with Crippen LogP contribution < -0.4 is 4.90 Å². The molecule has 0 radical (unpaired) electrons. The molecule has 1 aromatic heterocycles. The van der Waals surface area contributed by atoms with Crippen molar-refractivity contribution in [3.8, 4) is 0 Å². The lowest BCUT2D eigenvalue weighted by atomic mass is 10.3. The molecule has 0 fully saturated rings. The van der Waals surface area contributed by atoms with Crippen molar-refractivity contribution >= 4 is 5.82 Å². The highest BCUT2D eigenvalue weighted by Gasteiger charge is 2.01. The molecule has 0 bridgehead atoms. The third kappa shape index (κ3) is 1.19. The van der Waals surface area contributed by atoms with Crippen LogP contribution >= 0.6 is 0 Å². The van der Waals surface area contributed by atoms with Gasteiger partial charge in [0.1, 0.15) is 5.82 Å². The summed E-state index contributed by atoms with van der Waals surface area (Å²) >= 11 is 0. The number of allylic oxidation sites excluding steroid dienone is 2. The second-order valence-electron chi connectivity index (χ2n) is 2.48. The maximum atomic E-state index is 3.15. The van der Waals surface area contributed by atoms with Gasteiger partial charge in [-0.1, -0.05) is 12.2 Å². The Bertz CT molecular complexity index is 270. The third-order valence-electron chi connectivity index (χ3n) is 1.71. The molecule has 1 aliphatic rings. The first-order chi connectivity index (χ1) is 5.47. The zero-order valence-corrected chi connectivity index (χ0v) is 6.20. The van der Waals surface area contributed by atoms with Crippen LogP contribution in [-0.4, -0.2) is 11.5 Å². The summed E-state index contributed by atoms with van der Waals surface area (Å²) in [6.45, 7) is 0.955. The summed E-state index contributed by atoms with van der Waals surface area (Å²) in [6.07, 6.45) is 10.2. The molecule has 2 rings (SSSR count). The Labute approximate surface area is 65.8 Å². The number of hydrogen-bond acceptors (Lipinski definition) is 1. The Hall–Kier alpha value is -1.44. The van der Waals surface area contributed by atoms with Crippen LogP contribution in [0.25, 0.3) is 0 Å². The van der Waals surface area contributed by atoms with Crippen LogP contribution in [0.3, 0.4) is 0 Å². The quantitative estimate of drug-likeness (QED) is 0.641. The minimum atomic E-state index is 0.955. The highest BCUT2D eigenvalue weighted by Crippen LogP contribution is 2.12. The van der Waals surface area contributed by atoms with Gasteiger partial charge in [0, 0.05) is 18.9 Å². The maximum Gasteiger partial charge on any atom is 0.110 e. The van der Waals surface area contributed by atoms with Crippen LogP contribution in [0.1, 0.15) is 0 Å². The normalized spacial score (nSPS) is 15.8. The van der Waals surface area contributed by atoms with E-state index in [-0.39, 0.29) is 0 Å². The molecule has 0 unspecified atom stereocenters. The Morgan fingerprint density at radius 2 is 2.36 bits per heavy atom. The van der Waals surface area contributed by atoms with Crippen molar-refractivity contribution in [1.82, 2.24) is 4.98 Å². The van der Waals surface area contributed by atoms with Crippen molar-refractivity contribution in [2.75, 3.05) is 11.4 Å². The van der Waals surface area contributed by atoms with Crippen LogP contribution in [0.15, 0.2) is 42.8 Å². The SMILES string of the molecule is C1=CCN(c2ccc[nH]2)C=C1. The van der Waals surface area contributed by atoms with E-state index in [4.69, 9.17) is 0 Å². The van der Waals surface area contributed by atoms with Crippen molar-refractivity contribution in [3.05, 3.63) is 42.8 Å². The van der Waals surface area contributed by atoms with Gasteiger partial charge in [0.05, 0.1) is 0 Å². The lowest BCUT2D eigenvalue weighted by Crippen LogP contribution is -2.17. The van der Waals surface area contributed by atoms with E-state index in [9.17, 15) is 0 Å². The number of rotatable bonds is 1. The maximum absolute atomic E-state index is 3.15. The van der Waals surface area contributed by atoms with E-state index in [1.165, 1.54) is 0 Å². The zero-order chi connectivity index (χ0) is 7.52. The molecule has 0 atom stereocenters. The Morgan fingerprint density at radius 1 is 1.36 bits per heavy atom. The standard InChI is InChI=1S/C9H10N2/c1-2-7-11(8-3-1)9-5-4-6-10-9/h1-7,10H,8H2. The second kappa shape index (κ2) is 2.66. The van der Waals surface area contributed by atoms with Gasteiger partial charge in [0.2, 0.25) is 0 Å². The summed E-state index contributed by atoms with van der Waals surface area (Å²) < 4.78 is 0. The second-order valence-corrected chi connectivity index (χ2v) is 2.48. The molecule has 0 aliphatic carbocycles. The molecule has 0 saturated carbocycles. The zero-order valence-electron chi connectivity index (χ0n) is 6.20. The van der Waals surface area contributed by atoms with Gasteiger partial charge in [-0.2, -0.15) is 0 Å². The summed E-state index contributed by atoms with van der Waals surface area (Å²) in [5.74, 6) is 1.14. The molecule has 0 spiro atoms. The van der Waals surface area contributed by atoms with Crippen molar-refractivity contribution in [2.24, 2.45) is 0 Å². The summed E-state index contributed by atoms with van der Waals surface area (Å²) in [7, 11) is 0. The van der Waals surface area contributed by atoms with Gasteiger partial charge in [0.25, 0.3) is 0 Å². The van der Waals surface area contributed by atoms with E-state index >= 15 is 0 Å². The van der Waals surface area contributed by atoms with Gasteiger partial charge in [-0.15, -0.1) is 0 Å². The molecule has 1 aliphatic heterocycles. The Morgan fingerprint density at radius 3 is 3.00 bits per heavy atom. The first kappa shape index (κ1) is 6.28. The van der Waals surface area contributed by atoms with E-state index in [0.29, 0.717) is 0 Å². The molecular weight excluding hydrogens is 136 g/mol. The van der Waals surface area contributed by atoms with Crippen molar-refractivity contribution in [3.63, 3.8) is 0 Å². The highest BCUT2D eigenvalue weighted by atomic mass is 15.2. The number of hydrogen-bond donors (Lipinski definition) is 1. The smallest absolute Gasteiger partial charge is 0.110 e. The lowest BCUT2D eigenvalue weighted by molar-refractivity contribution is 1.04. The fraction of sp³-hybridized carbons (Fsp3) is 0.111. The van der Waals surface area contributed by atoms with Gasteiger partial charge in [-0.25, -0.2) is 0 Å². The molecule has 0 amide bonds. The average Bonchev–Trinajstić information content (AvgIpc) is 2.58. The molecule has 2 nitrogen and oxygen atoms in total. The van der Waals surface area contributed by atoms with E-state index in [1.807, 2.05) is 18.3 Å². The van der Waals surface area contributed by atoms with Crippen LogP contribution in [0.4, 0.5) is 5.82 Å². The van der Waals surface area contributed by atoms with E-state index < -0.39 is 0 Å². The van der Waals surface area contributed by atoms with Crippen LogP contribution in [0.2, 0.25) is 0 Å². The van der Waals surface area contributed by atoms with Gasteiger partial charge >= 0.3 is 0 Å². The first-order valence-electron chi connectivity index (χ1n) is 3.70. The fourth-order valence-corrected chi connectivity index (χ4v) is 1.15. The fourth-order valence-electron chi connectivity index (χ4n) is 1.15. The van der Waals surface area contributed by atoms with Crippen molar-refractivity contribution < 1.29 is 0 Å². The summed E-state index contributed by atoms with van der Waals surface area (Å²) in [5, 5.41) is 0. The number of anilines is 1. The summed E-state index contributed by atoms with van der Waals surface area (Å²) in [6, 6.07) is 4.06. The van der Waals surface area contributed by atoms with E-state index in [0.717, 1.165) is 12.4 Å². The molecule has 11 heavy (non-hydrogen) atoms. The topological polar surface area (TPSA) is 19.0 Å². The number of nitrogens with one attached hydrogen (secondary N) is 1. The predicted molar refractivity (Wildman–Crippen MR) is 46.4 cm³/mol. The van der Waals surface area contributed by atoms with Crippen molar-refractivity contribution in [1.29, 1.82) is 0 Å². The molecule has 0 saturated heterocycles. The predicted octanol–water partition coefficient (Wildman–Crippen LogP) is 1.90. The molecule has 1 N–H and O–H groups in total. The van der Waals surface area contributed by atoms with Gasteiger partial charge in [0.15, 0.2) is 0 Å². The minimum absolute atomic E-state index is 0.955. The summed E-state index contributed by atoms with van der Waals surface area (Å²) in [5.41, 5.74) is 0. The van der Waals surface area contributed by atoms with Crippen LogP contribution in [-0.2, 0) is 0 Å². The average molecular weight is 146 g/mol. The number of H-pyrrole nitrogens is 1. The van der Waals surface area contributed by atoms with E-state index in [1.54, 1.807) is 0 Å². The van der Waals surface area contributed by atoms with E-state index in [2.05, 4.69) is 34.3 Å². The number of aromatic nitrogens is 1. The minimum Gasteiger partial charge on any atom is -0.348 e. The monoisotopic (exact) mass is 146 g/mol. The first-order valence-corrected chi connectivity index (χ1v) is 3.70. The van der Waals surface area contributed by atoms with Crippen LogP contribution in [0.5, 0.6) is 0 Å². The molecule has 56 valence electrons. The van der Waals surface area contributed by atoms with Gasteiger partial charge < -0.3 is 9.88 Å². The number of aromatic amines is 1. The highest BCUT2D eigenvalue weighted by molar-refractivity contribution is 5.45. The molecule has 2 heterocycles. The van der Waals surface area contributed by atoms with Gasteiger partial charge in [-0.05, 0) is 18.2 Å². The van der Waals surface area contributed by atoms with Crippen LogP contribution in [0, 0.1) is 0 Å². The molecule has 2 heteroatoms. The lowest BCUT2D eigenvalue weighted by Gasteiger charge is -2.17. The Balaban J connectivity index is 2.19. The molecule has 1 aromatic rings. The Kier molecular flexibility index (Phi) is 1.52. The summed E-state index contributed by atoms with van der Waals surface area (Å²) in [4.78, 5) is 5.30. The largest absolute Gasteiger partial charge is 0.348 e. The van der Waals surface area contributed by atoms with Crippen molar-refractivity contribution in [2.45, 2.75) is 0 Å². The molecule has 0 aromatic carbocycles.